The number of urea groups is 1. The minimum Gasteiger partial charge on any atom is -0.294 e. The third kappa shape index (κ3) is 3.14. The second kappa shape index (κ2) is 5.97. The van der Waals surface area contributed by atoms with Crippen LogP contribution < -0.4 is 10.2 Å². The first kappa shape index (κ1) is 14.3. The van der Waals surface area contributed by atoms with Gasteiger partial charge in [-0.2, -0.15) is 0 Å². The Morgan fingerprint density at radius 1 is 0.955 bits per heavy atom. The molecule has 1 aliphatic heterocycles. The van der Waals surface area contributed by atoms with Gasteiger partial charge in [0, 0.05) is 18.7 Å². The lowest BCUT2D eigenvalue weighted by Crippen LogP contribution is -2.49. The largest absolute Gasteiger partial charge is 0.328 e. The Hall–Kier alpha value is -2.69. The molecule has 1 saturated heterocycles. The average molecular weight is 298 g/mol. The molecule has 1 heterocycles. The summed E-state index contributed by atoms with van der Waals surface area (Å²) in [5.41, 5.74) is 2.85. The third-order valence-electron chi connectivity index (χ3n) is 3.62. The van der Waals surface area contributed by atoms with Crippen LogP contribution in [0.15, 0.2) is 48.5 Å². The van der Waals surface area contributed by atoms with Crippen LogP contribution in [-0.2, 0) is 11.2 Å². The van der Waals surface area contributed by atoms with Crippen molar-refractivity contribution in [2.75, 3.05) is 11.4 Å². The van der Waals surface area contributed by atoms with Gasteiger partial charge in [-0.05, 0) is 41.8 Å². The predicted octanol–water partition coefficient (Wildman–Crippen LogP) is 2.86. The minimum atomic E-state index is -0.387. The van der Waals surface area contributed by atoms with Gasteiger partial charge in [-0.25, -0.2) is 9.18 Å². The molecule has 0 aliphatic carbocycles. The zero-order valence-electron chi connectivity index (χ0n) is 11.9. The number of rotatable bonds is 3. The highest BCUT2D eigenvalue weighted by Gasteiger charge is 2.23. The second-order valence-electron chi connectivity index (χ2n) is 5.22. The van der Waals surface area contributed by atoms with Crippen molar-refractivity contribution in [3.63, 3.8) is 0 Å². The van der Waals surface area contributed by atoms with Crippen LogP contribution in [-0.4, -0.2) is 18.5 Å². The standard InChI is InChI=1S/C17H15FN2O2/c18-14-5-1-12(2-6-14)11-13-3-7-15(8-4-13)20-10-9-16(21)19-17(20)22/h1-8H,9-11H2,(H,19,21,22). The van der Waals surface area contributed by atoms with Crippen LogP contribution in [0.2, 0.25) is 0 Å². The first-order valence-corrected chi connectivity index (χ1v) is 7.06. The summed E-state index contributed by atoms with van der Waals surface area (Å²) in [6.45, 7) is 0.391. The maximum atomic E-state index is 12.9. The molecule has 0 unspecified atom stereocenters. The Morgan fingerprint density at radius 2 is 1.55 bits per heavy atom. The van der Waals surface area contributed by atoms with E-state index in [1.165, 1.54) is 12.1 Å². The second-order valence-corrected chi connectivity index (χ2v) is 5.22. The van der Waals surface area contributed by atoms with Gasteiger partial charge in [0.1, 0.15) is 5.82 Å². The minimum absolute atomic E-state index is 0.242. The van der Waals surface area contributed by atoms with Crippen molar-refractivity contribution >= 4 is 17.6 Å². The molecule has 0 spiro atoms. The van der Waals surface area contributed by atoms with E-state index in [1.54, 1.807) is 17.0 Å². The normalized spacial score (nSPS) is 14.9. The van der Waals surface area contributed by atoms with E-state index in [4.69, 9.17) is 0 Å². The number of imide groups is 1. The Bertz CT molecular complexity index is 696. The van der Waals surface area contributed by atoms with Crippen molar-refractivity contribution in [2.45, 2.75) is 12.8 Å². The first-order chi connectivity index (χ1) is 10.6. The number of nitrogens with zero attached hydrogens (tertiary/aromatic N) is 1. The van der Waals surface area contributed by atoms with Gasteiger partial charge in [0.2, 0.25) is 5.91 Å². The molecule has 3 rings (SSSR count). The lowest BCUT2D eigenvalue weighted by atomic mass is 10.0. The number of carbonyl (C=O) groups is 2. The number of anilines is 1. The SMILES string of the molecule is O=C1CCN(c2ccc(Cc3ccc(F)cc3)cc2)C(=O)N1. The highest BCUT2D eigenvalue weighted by atomic mass is 19.1. The van der Waals surface area contributed by atoms with E-state index in [0.717, 1.165) is 16.8 Å². The Balaban J connectivity index is 1.71. The molecule has 1 N–H and O–H groups in total. The fourth-order valence-electron chi connectivity index (χ4n) is 2.44. The van der Waals surface area contributed by atoms with Crippen molar-refractivity contribution in [3.8, 4) is 0 Å². The molecule has 2 aromatic carbocycles. The first-order valence-electron chi connectivity index (χ1n) is 7.06. The summed E-state index contributed by atoms with van der Waals surface area (Å²) in [6.07, 6.45) is 1.01. The topological polar surface area (TPSA) is 49.4 Å². The van der Waals surface area contributed by atoms with Crippen LogP contribution in [0, 0.1) is 5.82 Å². The van der Waals surface area contributed by atoms with E-state index in [0.29, 0.717) is 19.4 Å². The predicted molar refractivity (Wildman–Crippen MR) is 81.1 cm³/mol. The molecule has 2 aromatic rings. The number of benzene rings is 2. The number of hydrogen-bond donors (Lipinski definition) is 1. The van der Waals surface area contributed by atoms with E-state index in [9.17, 15) is 14.0 Å². The molecule has 0 radical (unpaired) electrons. The number of nitrogens with one attached hydrogen (secondary N) is 1. The molecule has 112 valence electrons. The van der Waals surface area contributed by atoms with Crippen molar-refractivity contribution in [3.05, 3.63) is 65.5 Å². The highest BCUT2D eigenvalue weighted by molar-refractivity contribution is 6.05. The maximum absolute atomic E-state index is 12.9. The zero-order valence-corrected chi connectivity index (χ0v) is 11.9. The van der Waals surface area contributed by atoms with Gasteiger partial charge >= 0.3 is 6.03 Å². The molecule has 0 saturated carbocycles. The van der Waals surface area contributed by atoms with E-state index in [1.807, 2.05) is 24.3 Å². The number of amides is 3. The van der Waals surface area contributed by atoms with E-state index >= 15 is 0 Å². The van der Waals surface area contributed by atoms with Crippen LogP contribution in [0.5, 0.6) is 0 Å². The molecule has 3 amide bonds. The summed E-state index contributed by atoms with van der Waals surface area (Å²) >= 11 is 0. The van der Waals surface area contributed by atoms with Crippen LogP contribution in [0.4, 0.5) is 14.9 Å². The molecule has 1 fully saturated rings. The zero-order chi connectivity index (χ0) is 15.5. The van der Waals surface area contributed by atoms with Crippen LogP contribution >= 0.6 is 0 Å². The van der Waals surface area contributed by atoms with Crippen LogP contribution in [0.1, 0.15) is 17.5 Å². The number of hydrogen-bond acceptors (Lipinski definition) is 2. The fraction of sp³-hybridized carbons (Fsp3) is 0.176. The Kier molecular flexibility index (Phi) is 3.87. The summed E-state index contributed by atoms with van der Waals surface area (Å²) in [5, 5.41) is 2.30. The molecule has 1 aliphatic rings. The molecule has 0 bridgehead atoms. The van der Waals surface area contributed by atoms with Crippen molar-refractivity contribution < 1.29 is 14.0 Å². The Labute approximate surface area is 127 Å². The maximum Gasteiger partial charge on any atom is 0.328 e. The smallest absolute Gasteiger partial charge is 0.294 e. The molecule has 5 heteroatoms. The van der Waals surface area contributed by atoms with Crippen LogP contribution in [0.25, 0.3) is 0 Å². The monoisotopic (exact) mass is 298 g/mol. The molecule has 4 nitrogen and oxygen atoms in total. The van der Waals surface area contributed by atoms with Crippen LogP contribution in [0.3, 0.4) is 0 Å². The fourth-order valence-corrected chi connectivity index (χ4v) is 2.44. The lowest BCUT2D eigenvalue weighted by Gasteiger charge is -2.26. The van der Waals surface area contributed by atoms with Crippen molar-refractivity contribution in [2.24, 2.45) is 0 Å². The molecular formula is C17H15FN2O2. The summed E-state index contributed by atoms with van der Waals surface area (Å²) in [4.78, 5) is 24.5. The van der Waals surface area contributed by atoms with Gasteiger partial charge in [0.15, 0.2) is 0 Å². The van der Waals surface area contributed by atoms with Crippen molar-refractivity contribution in [1.29, 1.82) is 0 Å². The molecular weight excluding hydrogens is 283 g/mol. The molecule has 0 atom stereocenters. The average Bonchev–Trinajstić information content (AvgIpc) is 2.51. The number of carbonyl (C=O) groups excluding carboxylic acids is 2. The van der Waals surface area contributed by atoms with Crippen molar-refractivity contribution in [1.82, 2.24) is 5.32 Å². The summed E-state index contributed by atoms with van der Waals surface area (Å²) in [7, 11) is 0. The van der Waals surface area contributed by atoms with Gasteiger partial charge in [-0.1, -0.05) is 24.3 Å². The van der Waals surface area contributed by atoms with Gasteiger partial charge in [0.25, 0.3) is 0 Å². The summed E-state index contributed by atoms with van der Waals surface area (Å²) in [5.74, 6) is -0.487. The molecule has 0 aromatic heterocycles. The highest BCUT2D eigenvalue weighted by Crippen LogP contribution is 2.19. The Morgan fingerprint density at radius 3 is 2.14 bits per heavy atom. The molecule has 22 heavy (non-hydrogen) atoms. The quantitative estimate of drug-likeness (QED) is 0.947. The third-order valence-corrected chi connectivity index (χ3v) is 3.62. The lowest BCUT2D eigenvalue weighted by molar-refractivity contribution is -0.120. The number of halogens is 1. The van der Waals surface area contributed by atoms with Gasteiger partial charge in [-0.3, -0.25) is 15.0 Å². The van der Waals surface area contributed by atoms with E-state index in [2.05, 4.69) is 5.32 Å². The summed E-state index contributed by atoms with van der Waals surface area (Å²) < 4.78 is 12.9. The van der Waals surface area contributed by atoms with Gasteiger partial charge in [0.05, 0.1) is 0 Å². The summed E-state index contributed by atoms with van der Waals surface area (Å²) in [6, 6.07) is 13.6. The van der Waals surface area contributed by atoms with Gasteiger partial charge in [-0.15, -0.1) is 0 Å². The van der Waals surface area contributed by atoms with E-state index in [-0.39, 0.29) is 17.8 Å². The van der Waals surface area contributed by atoms with E-state index < -0.39 is 0 Å². The van der Waals surface area contributed by atoms with Gasteiger partial charge < -0.3 is 0 Å².